The number of ether oxygens (including phenoxy) is 1. The van der Waals surface area contributed by atoms with Crippen molar-refractivity contribution in [3.05, 3.63) is 23.8 Å². The molecule has 1 amide bonds. The zero-order valence-corrected chi connectivity index (χ0v) is 13.6. The molecule has 2 aliphatic heterocycles. The van der Waals surface area contributed by atoms with Gasteiger partial charge in [0.15, 0.2) is 0 Å². The molecule has 23 heavy (non-hydrogen) atoms. The number of aromatic nitrogens is 2. The molecular weight excluding hydrogens is 292 g/mol. The van der Waals surface area contributed by atoms with E-state index in [9.17, 15) is 4.79 Å². The quantitative estimate of drug-likeness (QED) is 0.837. The number of hydrogen-bond acceptors (Lipinski definition) is 5. The highest BCUT2D eigenvalue weighted by molar-refractivity contribution is 5.92. The van der Waals surface area contributed by atoms with Crippen molar-refractivity contribution in [2.24, 2.45) is 5.92 Å². The fourth-order valence-corrected chi connectivity index (χ4v) is 3.69. The molecule has 3 fully saturated rings. The van der Waals surface area contributed by atoms with Crippen molar-refractivity contribution in [1.29, 1.82) is 0 Å². The van der Waals surface area contributed by atoms with Crippen LogP contribution in [0.2, 0.25) is 0 Å². The third-order valence-electron chi connectivity index (χ3n) is 5.21. The van der Waals surface area contributed by atoms with Crippen LogP contribution in [0.15, 0.2) is 12.3 Å². The molecule has 4 rings (SSSR count). The fourth-order valence-electron chi connectivity index (χ4n) is 3.69. The normalized spacial score (nSPS) is 29.0. The summed E-state index contributed by atoms with van der Waals surface area (Å²) in [5, 5.41) is 0. The van der Waals surface area contributed by atoms with Crippen molar-refractivity contribution in [2.75, 3.05) is 39.4 Å². The van der Waals surface area contributed by atoms with Gasteiger partial charge in [0, 0.05) is 44.3 Å². The van der Waals surface area contributed by atoms with E-state index in [0.29, 0.717) is 23.6 Å². The van der Waals surface area contributed by atoms with Gasteiger partial charge in [-0.1, -0.05) is 6.92 Å². The van der Waals surface area contributed by atoms with Crippen LogP contribution in [0.4, 0.5) is 0 Å². The smallest absolute Gasteiger partial charge is 0.272 e. The van der Waals surface area contributed by atoms with E-state index in [1.54, 1.807) is 12.3 Å². The second-order valence-electron chi connectivity index (χ2n) is 6.98. The molecule has 2 saturated heterocycles. The second kappa shape index (κ2) is 6.17. The Morgan fingerprint density at radius 2 is 2.04 bits per heavy atom. The van der Waals surface area contributed by atoms with E-state index in [-0.39, 0.29) is 5.91 Å². The molecule has 0 radical (unpaired) electrons. The van der Waals surface area contributed by atoms with E-state index in [1.165, 1.54) is 0 Å². The van der Waals surface area contributed by atoms with E-state index < -0.39 is 0 Å². The molecule has 2 atom stereocenters. The first-order valence-electron chi connectivity index (χ1n) is 8.66. The van der Waals surface area contributed by atoms with E-state index in [2.05, 4.69) is 21.8 Å². The van der Waals surface area contributed by atoms with E-state index in [0.717, 1.165) is 58.1 Å². The summed E-state index contributed by atoms with van der Waals surface area (Å²) >= 11 is 0. The Morgan fingerprint density at radius 3 is 2.78 bits per heavy atom. The number of nitrogens with zero attached hydrogens (tertiary/aromatic N) is 4. The van der Waals surface area contributed by atoms with Gasteiger partial charge in [0.2, 0.25) is 0 Å². The molecule has 6 nitrogen and oxygen atoms in total. The van der Waals surface area contributed by atoms with Gasteiger partial charge in [0.25, 0.3) is 5.91 Å². The number of carbonyl (C=O) groups is 1. The van der Waals surface area contributed by atoms with Crippen molar-refractivity contribution in [1.82, 2.24) is 19.8 Å². The molecule has 0 N–H and O–H groups in total. The molecule has 1 aliphatic carbocycles. The van der Waals surface area contributed by atoms with Crippen molar-refractivity contribution in [3.8, 4) is 0 Å². The maximum Gasteiger partial charge on any atom is 0.272 e. The van der Waals surface area contributed by atoms with Gasteiger partial charge in [-0.15, -0.1) is 0 Å². The predicted octanol–water partition coefficient (Wildman–Crippen LogP) is 1.15. The lowest BCUT2D eigenvalue weighted by atomic mass is 10.0. The van der Waals surface area contributed by atoms with Crippen molar-refractivity contribution < 1.29 is 9.53 Å². The van der Waals surface area contributed by atoms with Gasteiger partial charge in [-0.25, -0.2) is 9.97 Å². The van der Waals surface area contributed by atoms with Crippen LogP contribution in [0, 0.1) is 5.92 Å². The lowest BCUT2D eigenvalue weighted by Gasteiger charge is -2.33. The lowest BCUT2D eigenvalue weighted by molar-refractivity contribution is 0.0119. The minimum atomic E-state index is 0.0527. The summed E-state index contributed by atoms with van der Waals surface area (Å²) in [6, 6.07) is 2.19. The van der Waals surface area contributed by atoms with Gasteiger partial charge in [-0.2, -0.15) is 0 Å². The van der Waals surface area contributed by atoms with Gasteiger partial charge < -0.3 is 9.64 Å². The summed E-state index contributed by atoms with van der Waals surface area (Å²) < 4.78 is 5.44. The van der Waals surface area contributed by atoms with Crippen LogP contribution in [0.25, 0.3) is 0 Å². The Morgan fingerprint density at radius 1 is 1.26 bits per heavy atom. The maximum absolute atomic E-state index is 12.8. The summed E-state index contributed by atoms with van der Waals surface area (Å²) in [4.78, 5) is 26.1. The van der Waals surface area contributed by atoms with Crippen LogP contribution in [0.5, 0.6) is 0 Å². The van der Waals surface area contributed by atoms with E-state index in [1.807, 2.05) is 4.90 Å². The Bertz CT molecular complexity index is 584. The van der Waals surface area contributed by atoms with Gasteiger partial charge in [0.1, 0.15) is 11.5 Å². The zero-order chi connectivity index (χ0) is 15.8. The second-order valence-corrected chi connectivity index (χ2v) is 6.98. The molecule has 1 aromatic rings. The average Bonchev–Trinajstić information content (AvgIpc) is 3.37. The van der Waals surface area contributed by atoms with Gasteiger partial charge in [-0.05, 0) is 24.8 Å². The van der Waals surface area contributed by atoms with Gasteiger partial charge in [0.05, 0.1) is 13.2 Å². The summed E-state index contributed by atoms with van der Waals surface area (Å²) in [5.41, 5.74) is 0.553. The molecule has 3 aliphatic rings. The molecule has 1 aromatic heterocycles. The number of carbonyl (C=O) groups excluding carboxylic acids is 1. The Hall–Kier alpha value is -1.53. The number of hydrogen-bond donors (Lipinski definition) is 0. The Kier molecular flexibility index (Phi) is 4.03. The van der Waals surface area contributed by atoms with Gasteiger partial charge >= 0.3 is 0 Å². The lowest BCUT2D eigenvalue weighted by Crippen LogP contribution is -2.47. The third-order valence-corrected chi connectivity index (χ3v) is 5.21. The molecule has 1 saturated carbocycles. The Balaban J connectivity index is 1.45. The Labute approximate surface area is 136 Å². The molecule has 3 heterocycles. The SMILES string of the molecule is C[C@@H]1CN(C(=O)c2ccnc(C3CC3)n2)C[C@H]1N1CCOCC1. The third kappa shape index (κ3) is 3.10. The molecule has 0 bridgehead atoms. The molecule has 6 heteroatoms. The molecule has 0 spiro atoms. The number of morpholine rings is 1. The number of likely N-dealkylation sites (tertiary alicyclic amines) is 1. The highest BCUT2D eigenvalue weighted by Gasteiger charge is 2.37. The van der Waals surface area contributed by atoms with E-state index >= 15 is 0 Å². The monoisotopic (exact) mass is 316 g/mol. The fraction of sp³-hybridized carbons (Fsp3) is 0.706. The largest absolute Gasteiger partial charge is 0.379 e. The van der Waals surface area contributed by atoms with Crippen LogP contribution in [0.3, 0.4) is 0 Å². The number of rotatable bonds is 3. The van der Waals surface area contributed by atoms with Crippen LogP contribution in [-0.2, 0) is 4.74 Å². The minimum Gasteiger partial charge on any atom is -0.379 e. The van der Waals surface area contributed by atoms with Crippen molar-refractivity contribution in [2.45, 2.75) is 31.7 Å². The van der Waals surface area contributed by atoms with Crippen LogP contribution in [-0.4, -0.2) is 71.1 Å². The first kappa shape index (κ1) is 15.0. The first-order valence-corrected chi connectivity index (χ1v) is 8.66. The summed E-state index contributed by atoms with van der Waals surface area (Å²) in [6.45, 7) is 7.38. The standard InChI is InChI=1S/C17H24N4O2/c1-12-10-21(11-15(12)20-6-8-23-9-7-20)17(22)14-4-5-18-16(19-14)13-2-3-13/h4-5,12-13,15H,2-3,6-11H2,1H3/t12-,15-/m1/s1. The molecular formula is C17H24N4O2. The van der Waals surface area contributed by atoms with Gasteiger partial charge in [-0.3, -0.25) is 9.69 Å². The predicted molar refractivity (Wildman–Crippen MR) is 85.3 cm³/mol. The average molecular weight is 316 g/mol. The van der Waals surface area contributed by atoms with Crippen LogP contribution < -0.4 is 0 Å². The van der Waals surface area contributed by atoms with Crippen molar-refractivity contribution in [3.63, 3.8) is 0 Å². The minimum absolute atomic E-state index is 0.0527. The summed E-state index contributed by atoms with van der Waals surface area (Å²) in [6.07, 6.45) is 4.03. The van der Waals surface area contributed by atoms with E-state index in [4.69, 9.17) is 4.74 Å². The first-order chi connectivity index (χ1) is 11.2. The maximum atomic E-state index is 12.8. The topological polar surface area (TPSA) is 58.6 Å². The summed E-state index contributed by atoms with van der Waals surface area (Å²) in [7, 11) is 0. The summed E-state index contributed by atoms with van der Waals surface area (Å²) in [5.74, 6) is 1.85. The van der Waals surface area contributed by atoms with Crippen LogP contribution in [0.1, 0.15) is 42.0 Å². The highest BCUT2D eigenvalue weighted by Crippen LogP contribution is 2.37. The number of amides is 1. The highest BCUT2D eigenvalue weighted by atomic mass is 16.5. The molecule has 0 aromatic carbocycles. The zero-order valence-electron chi connectivity index (χ0n) is 13.6. The molecule has 124 valence electrons. The molecule has 0 unspecified atom stereocenters. The van der Waals surface area contributed by atoms with Crippen LogP contribution >= 0.6 is 0 Å². The van der Waals surface area contributed by atoms with Crippen molar-refractivity contribution >= 4 is 5.91 Å².